The molecule has 0 radical (unpaired) electrons. The summed E-state index contributed by atoms with van der Waals surface area (Å²) < 4.78 is 12.7. The van der Waals surface area contributed by atoms with Crippen molar-refractivity contribution >= 4 is 17.7 Å². The zero-order valence-corrected chi connectivity index (χ0v) is 19.3. The van der Waals surface area contributed by atoms with Crippen LogP contribution in [0.15, 0.2) is 24.4 Å². The van der Waals surface area contributed by atoms with Crippen molar-refractivity contribution in [3.63, 3.8) is 0 Å². The molecule has 1 atom stereocenters. The molecule has 33 heavy (non-hydrogen) atoms. The molecule has 2 aromatic rings. The molecule has 1 aliphatic rings. The maximum absolute atomic E-state index is 12.8. The molecule has 0 unspecified atom stereocenters. The number of nitrogens with zero attached hydrogens (tertiary/aromatic N) is 2. The Labute approximate surface area is 193 Å². The minimum Gasteiger partial charge on any atom is -0.497 e. The summed E-state index contributed by atoms with van der Waals surface area (Å²) >= 11 is 0. The van der Waals surface area contributed by atoms with Crippen molar-refractivity contribution in [2.75, 3.05) is 26.8 Å². The van der Waals surface area contributed by atoms with E-state index in [1.807, 2.05) is 6.92 Å². The molecule has 0 saturated carbocycles. The second kappa shape index (κ2) is 11.3. The summed E-state index contributed by atoms with van der Waals surface area (Å²) in [7, 11) is 1.54. The Morgan fingerprint density at radius 2 is 2.09 bits per heavy atom. The van der Waals surface area contributed by atoms with Gasteiger partial charge in [0, 0.05) is 25.4 Å². The lowest BCUT2D eigenvalue weighted by atomic mass is 10.1. The highest BCUT2D eigenvalue weighted by Gasteiger charge is 2.23. The van der Waals surface area contributed by atoms with Crippen LogP contribution in [0.2, 0.25) is 0 Å². The van der Waals surface area contributed by atoms with Gasteiger partial charge < -0.3 is 25.4 Å². The molecule has 0 fully saturated rings. The number of ether oxygens (including phenoxy) is 2. The van der Waals surface area contributed by atoms with Crippen molar-refractivity contribution in [2.45, 2.75) is 45.7 Å². The van der Waals surface area contributed by atoms with Gasteiger partial charge in [-0.25, -0.2) is 0 Å². The van der Waals surface area contributed by atoms with Gasteiger partial charge in [-0.15, -0.1) is 0 Å². The maximum atomic E-state index is 12.8. The molecule has 0 bridgehead atoms. The Bertz CT molecular complexity index is 1000. The quantitative estimate of drug-likeness (QED) is 0.638. The summed E-state index contributed by atoms with van der Waals surface area (Å²) in [4.78, 5) is 38.2. The van der Waals surface area contributed by atoms with Gasteiger partial charge in [0.2, 0.25) is 5.91 Å². The van der Waals surface area contributed by atoms with Crippen LogP contribution in [0.1, 0.15) is 52.6 Å². The molecule has 0 spiro atoms. The highest BCUT2D eigenvalue weighted by molar-refractivity contribution is 5.98. The molecular weight excluding hydrogens is 426 g/mol. The molecule has 0 saturated heterocycles. The van der Waals surface area contributed by atoms with Gasteiger partial charge in [0.25, 0.3) is 11.8 Å². The summed E-state index contributed by atoms with van der Waals surface area (Å²) in [6.45, 7) is 5.17. The Balaban J connectivity index is 1.69. The fourth-order valence-corrected chi connectivity index (χ4v) is 3.57. The molecule has 3 N–H and O–H groups in total. The molecule has 1 aromatic heterocycles. The minimum absolute atomic E-state index is 0.155. The number of methoxy groups -OCH3 is 1. The van der Waals surface area contributed by atoms with Gasteiger partial charge in [-0.3, -0.25) is 19.1 Å². The monoisotopic (exact) mass is 457 g/mol. The minimum atomic E-state index is -0.701. The lowest BCUT2D eigenvalue weighted by molar-refractivity contribution is -0.123. The predicted molar refractivity (Wildman–Crippen MR) is 122 cm³/mol. The smallest absolute Gasteiger partial charge is 0.255 e. The number of aryl methyl sites for hydroxylation is 2. The molecule has 1 aliphatic heterocycles. The van der Waals surface area contributed by atoms with Crippen molar-refractivity contribution in [1.29, 1.82) is 0 Å². The topological polar surface area (TPSA) is 124 Å². The number of carbonyl (C=O) groups excluding carboxylic acids is 3. The maximum Gasteiger partial charge on any atom is 0.255 e. The second-order valence-electron chi connectivity index (χ2n) is 7.76. The third kappa shape index (κ3) is 6.24. The highest BCUT2D eigenvalue weighted by atomic mass is 16.5. The number of aromatic nitrogens is 2. The van der Waals surface area contributed by atoms with Gasteiger partial charge in [-0.05, 0) is 45.2 Å². The third-order valence-electron chi connectivity index (χ3n) is 5.43. The Morgan fingerprint density at radius 1 is 1.27 bits per heavy atom. The third-order valence-corrected chi connectivity index (χ3v) is 5.43. The van der Waals surface area contributed by atoms with Crippen LogP contribution in [0.4, 0.5) is 0 Å². The van der Waals surface area contributed by atoms with E-state index >= 15 is 0 Å². The lowest BCUT2D eigenvalue weighted by Gasteiger charge is -2.20. The van der Waals surface area contributed by atoms with Crippen molar-refractivity contribution in [1.82, 2.24) is 25.7 Å². The molecule has 10 nitrogen and oxygen atoms in total. The zero-order chi connectivity index (χ0) is 23.8. The molecular formula is C23H31N5O5. The van der Waals surface area contributed by atoms with E-state index in [4.69, 9.17) is 9.47 Å². The Hall–Kier alpha value is -3.56. The summed E-state index contributed by atoms with van der Waals surface area (Å²) in [6, 6.07) is 4.30. The number of hydrogen-bond acceptors (Lipinski definition) is 6. The van der Waals surface area contributed by atoms with Crippen LogP contribution < -0.4 is 25.4 Å². The number of amides is 3. The second-order valence-corrected chi connectivity index (χ2v) is 7.76. The van der Waals surface area contributed by atoms with E-state index in [1.54, 1.807) is 36.0 Å². The van der Waals surface area contributed by atoms with Gasteiger partial charge in [-0.1, -0.05) is 0 Å². The number of fused-ring (bicyclic) bond motifs is 1. The molecule has 3 rings (SSSR count). The van der Waals surface area contributed by atoms with Crippen molar-refractivity contribution in [2.24, 2.45) is 0 Å². The number of rotatable bonds is 4. The Kier molecular flexibility index (Phi) is 8.28. The van der Waals surface area contributed by atoms with Gasteiger partial charge in [-0.2, -0.15) is 5.10 Å². The molecule has 178 valence electrons. The molecule has 0 aliphatic carbocycles. The first kappa shape index (κ1) is 24.1. The fraction of sp³-hybridized carbons (Fsp3) is 0.478. The summed E-state index contributed by atoms with van der Waals surface area (Å²) in [5.74, 6) is 0.100. The molecule has 1 aromatic carbocycles. The first-order valence-electron chi connectivity index (χ1n) is 11.1. The van der Waals surface area contributed by atoms with Crippen LogP contribution in [0, 0.1) is 6.92 Å². The van der Waals surface area contributed by atoms with Crippen LogP contribution in [0.5, 0.6) is 11.5 Å². The normalized spacial score (nSPS) is 17.6. The number of carbonyl (C=O) groups is 3. The van der Waals surface area contributed by atoms with Crippen LogP contribution in [-0.4, -0.2) is 60.4 Å². The standard InChI is InChI=1S/C23H31N5O5/c1-4-28-14-18(15(2)27-28)22(30)26-19-7-5-6-10-24-21(29)17-9-8-16(32-3)13-20(17)33-12-11-25-23(19)31/h8-9,13-14,19H,4-7,10-12H2,1-3H3,(H,24,29)(H,25,31)(H,26,30)/t19-/m0/s1. The first-order valence-corrected chi connectivity index (χ1v) is 11.1. The van der Waals surface area contributed by atoms with E-state index in [2.05, 4.69) is 21.0 Å². The van der Waals surface area contributed by atoms with Gasteiger partial charge in [0.1, 0.15) is 24.1 Å². The van der Waals surface area contributed by atoms with Crippen LogP contribution in [0.3, 0.4) is 0 Å². The number of benzene rings is 1. The van der Waals surface area contributed by atoms with E-state index < -0.39 is 6.04 Å². The Morgan fingerprint density at radius 3 is 2.82 bits per heavy atom. The first-order chi connectivity index (χ1) is 15.9. The van der Waals surface area contributed by atoms with E-state index in [9.17, 15) is 14.4 Å². The van der Waals surface area contributed by atoms with Crippen LogP contribution >= 0.6 is 0 Å². The lowest BCUT2D eigenvalue weighted by Crippen LogP contribution is -2.47. The fourth-order valence-electron chi connectivity index (χ4n) is 3.57. The molecule has 2 heterocycles. The summed E-state index contributed by atoms with van der Waals surface area (Å²) in [5.41, 5.74) is 1.47. The molecule has 10 heteroatoms. The number of hydrogen-bond donors (Lipinski definition) is 3. The largest absolute Gasteiger partial charge is 0.497 e. The molecule has 3 amide bonds. The van der Waals surface area contributed by atoms with Crippen LogP contribution in [-0.2, 0) is 11.3 Å². The predicted octanol–water partition coefficient (Wildman–Crippen LogP) is 1.43. The average molecular weight is 458 g/mol. The summed E-state index contributed by atoms with van der Waals surface area (Å²) in [6.07, 6.45) is 3.44. The highest BCUT2D eigenvalue weighted by Crippen LogP contribution is 2.25. The number of nitrogens with one attached hydrogen (secondary N) is 3. The van der Waals surface area contributed by atoms with Crippen LogP contribution in [0.25, 0.3) is 0 Å². The van der Waals surface area contributed by atoms with E-state index in [1.165, 1.54) is 7.11 Å². The van der Waals surface area contributed by atoms with Crippen molar-refractivity contribution in [3.8, 4) is 11.5 Å². The van der Waals surface area contributed by atoms with Gasteiger partial charge >= 0.3 is 0 Å². The van der Waals surface area contributed by atoms with E-state index in [0.29, 0.717) is 60.7 Å². The van der Waals surface area contributed by atoms with Crippen molar-refractivity contribution < 1.29 is 23.9 Å². The van der Waals surface area contributed by atoms with E-state index in [-0.39, 0.29) is 30.9 Å². The SMILES string of the molecule is CCn1cc(C(=O)N[C@H]2CCCCNC(=O)c3ccc(OC)cc3OCCNC2=O)c(C)n1. The van der Waals surface area contributed by atoms with Gasteiger partial charge in [0.05, 0.1) is 30.5 Å². The average Bonchev–Trinajstić information content (AvgIpc) is 3.20. The zero-order valence-electron chi connectivity index (χ0n) is 19.3. The summed E-state index contributed by atoms with van der Waals surface area (Å²) in [5, 5.41) is 12.8. The van der Waals surface area contributed by atoms with Crippen molar-refractivity contribution in [3.05, 3.63) is 41.2 Å². The van der Waals surface area contributed by atoms with Gasteiger partial charge in [0.15, 0.2) is 0 Å². The van der Waals surface area contributed by atoms with E-state index in [0.717, 1.165) is 0 Å².